The Morgan fingerprint density at radius 1 is 1.12 bits per heavy atom. The Morgan fingerprint density at radius 2 is 2.06 bits per heavy atom. The molecule has 0 bridgehead atoms. The third kappa shape index (κ3) is 1.40. The van der Waals surface area contributed by atoms with E-state index in [1.807, 2.05) is 30.3 Å². The highest BCUT2D eigenvalue weighted by Gasteiger charge is 2.03. The van der Waals surface area contributed by atoms with E-state index < -0.39 is 0 Å². The summed E-state index contributed by atoms with van der Waals surface area (Å²) in [5.74, 6) is 0. The van der Waals surface area contributed by atoms with Crippen molar-refractivity contribution in [1.82, 2.24) is 24.8 Å². The van der Waals surface area contributed by atoms with Gasteiger partial charge in [0.15, 0.2) is 5.65 Å². The summed E-state index contributed by atoms with van der Waals surface area (Å²) in [6, 6.07) is 9.41. The van der Waals surface area contributed by atoms with Crippen molar-refractivity contribution in [3.05, 3.63) is 41.3 Å². The van der Waals surface area contributed by atoms with Gasteiger partial charge in [-0.15, -0.1) is 0 Å². The molecule has 0 spiro atoms. The summed E-state index contributed by atoms with van der Waals surface area (Å²) in [5.41, 5.74) is 2.28. The zero-order valence-corrected chi connectivity index (χ0v) is 8.98. The van der Waals surface area contributed by atoms with E-state index in [0.29, 0.717) is 10.4 Å². The van der Waals surface area contributed by atoms with Crippen LogP contribution < -0.4 is 0 Å². The maximum Gasteiger partial charge on any atom is 0.216 e. The molecule has 0 saturated carbocycles. The van der Waals surface area contributed by atoms with Gasteiger partial charge in [0.05, 0.1) is 5.69 Å². The summed E-state index contributed by atoms with van der Waals surface area (Å²) >= 11 is 5.06. The van der Waals surface area contributed by atoms with Crippen molar-refractivity contribution < 1.29 is 0 Å². The van der Waals surface area contributed by atoms with E-state index in [4.69, 9.17) is 12.2 Å². The predicted octanol–water partition coefficient (Wildman–Crippen LogP) is 1.85. The lowest BCUT2D eigenvalue weighted by molar-refractivity contribution is 0.912. The van der Waals surface area contributed by atoms with Gasteiger partial charge in [-0.05, 0) is 36.5 Å². The van der Waals surface area contributed by atoms with E-state index in [1.165, 1.54) is 0 Å². The van der Waals surface area contributed by atoms with Gasteiger partial charge in [0, 0.05) is 6.20 Å². The van der Waals surface area contributed by atoms with Crippen LogP contribution in [0.3, 0.4) is 0 Å². The molecule has 0 aliphatic carbocycles. The molecule has 1 N–H and O–H groups in total. The third-order valence-electron chi connectivity index (χ3n) is 2.20. The molecule has 0 aromatic carbocycles. The van der Waals surface area contributed by atoms with Crippen molar-refractivity contribution in [3.63, 3.8) is 0 Å². The van der Waals surface area contributed by atoms with Crippen LogP contribution in [0, 0.1) is 4.77 Å². The van der Waals surface area contributed by atoms with Crippen LogP contribution in [0.5, 0.6) is 0 Å². The van der Waals surface area contributed by atoms with Gasteiger partial charge in [-0.2, -0.15) is 14.7 Å². The quantitative estimate of drug-likeness (QED) is 0.647. The van der Waals surface area contributed by atoms with Crippen LogP contribution in [0.25, 0.3) is 17.0 Å². The molecule has 0 saturated heterocycles. The number of hydrogen-bond donors (Lipinski definition) is 1. The van der Waals surface area contributed by atoms with Crippen LogP contribution in [0.1, 0.15) is 0 Å². The van der Waals surface area contributed by atoms with E-state index in [2.05, 4.69) is 20.3 Å². The fraction of sp³-hybridized carbons (Fsp3) is 0. The Balaban J connectivity index is 2.26. The van der Waals surface area contributed by atoms with Crippen LogP contribution in [-0.4, -0.2) is 24.8 Å². The lowest BCUT2D eigenvalue weighted by Gasteiger charge is -1.98. The summed E-state index contributed by atoms with van der Waals surface area (Å²) in [7, 11) is 0. The van der Waals surface area contributed by atoms with Crippen molar-refractivity contribution in [2.24, 2.45) is 0 Å². The molecule has 16 heavy (non-hydrogen) atoms. The average Bonchev–Trinajstić information content (AvgIpc) is 2.72. The zero-order valence-electron chi connectivity index (χ0n) is 8.16. The first-order chi connectivity index (χ1) is 7.84. The predicted molar refractivity (Wildman–Crippen MR) is 61.4 cm³/mol. The number of nitrogens with one attached hydrogen (secondary N) is 1. The zero-order chi connectivity index (χ0) is 11.0. The van der Waals surface area contributed by atoms with Gasteiger partial charge < -0.3 is 0 Å². The maximum absolute atomic E-state index is 5.06. The number of hydrogen-bond acceptors (Lipinski definition) is 4. The molecule has 0 fully saturated rings. The van der Waals surface area contributed by atoms with E-state index in [-0.39, 0.29) is 0 Å². The fourth-order valence-electron chi connectivity index (χ4n) is 1.45. The maximum atomic E-state index is 5.06. The van der Waals surface area contributed by atoms with Crippen LogP contribution in [0.2, 0.25) is 0 Å². The topological polar surface area (TPSA) is 58.9 Å². The first-order valence-corrected chi connectivity index (χ1v) is 5.11. The lowest BCUT2D eigenvalue weighted by Crippen LogP contribution is -1.95. The molecule has 5 nitrogen and oxygen atoms in total. The van der Waals surface area contributed by atoms with E-state index in [0.717, 1.165) is 11.4 Å². The van der Waals surface area contributed by atoms with E-state index >= 15 is 0 Å². The summed E-state index contributed by atoms with van der Waals surface area (Å²) in [6.07, 6.45) is 1.73. The van der Waals surface area contributed by atoms with Crippen molar-refractivity contribution in [3.8, 4) is 11.4 Å². The molecule has 0 amide bonds. The Hall–Kier alpha value is -2.08. The second-order valence-electron chi connectivity index (χ2n) is 3.23. The van der Waals surface area contributed by atoms with Gasteiger partial charge >= 0.3 is 0 Å². The first kappa shape index (κ1) is 9.17. The fourth-order valence-corrected chi connectivity index (χ4v) is 1.63. The molecule has 3 aromatic heterocycles. The molecule has 3 rings (SSSR count). The highest BCUT2D eigenvalue weighted by atomic mass is 32.1. The van der Waals surface area contributed by atoms with Gasteiger partial charge in [-0.25, -0.2) is 5.10 Å². The Kier molecular flexibility index (Phi) is 2.00. The SMILES string of the molecule is S=c1[nH]nc2ccc(-c3ccccn3)nn12. The molecule has 78 valence electrons. The molecule has 0 radical (unpaired) electrons. The standard InChI is InChI=1S/C10H7N5S/c16-10-13-12-9-5-4-8(14-15(9)10)7-3-1-2-6-11-7/h1-6H,(H,13,16). The number of H-pyrrole nitrogens is 1. The lowest BCUT2D eigenvalue weighted by atomic mass is 10.2. The van der Waals surface area contributed by atoms with E-state index in [9.17, 15) is 0 Å². The van der Waals surface area contributed by atoms with Crippen LogP contribution in [-0.2, 0) is 0 Å². The summed E-state index contributed by atoms with van der Waals surface area (Å²) < 4.78 is 2.06. The molecule has 0 aliphatic heterocycles. The Morgan fingerprint density at radius 3 is 2.88 bits per heavy atom. The van der Waals surface area contributed by atoms with Crippen LogP contribution in [0.4, 0.5) is 0 Å². The number of rotatable bonds is 1. The second-order valence-corrected chi connectivity index (χ2v) is 3.62. The molecular weight excluding hydrogens is 222 g/mol. The summed E-state index contributed by atoms with van der Waals surface area (Å²) in [4.78, 5) is 4.23. The Bertz CT molecular complexity index is 685. The van der Waals surface area contributed by atoms with Crippen molar-refractivity contribution in [1.29, 1.82) is 0 Å². The van der Waals surface area contributed by atoms with Gasteiger partial charge in [-0.3, -0.25) is 4.98 Å². The van der Waals surface area contributed by atoms with Crippen molar-refractivity contribution >= 4 is 17.9 Å². The normalized spacial score (nSPS) is 10.8. The Labute approximate surface area is 95.8 Å². The smallest absolute Gasteiger partial charge is 0.216 e. The van der Waals surface area contributed by atoms with Crippen LogP contribution >= 0.6 is 12.2 Å². The molecule has 3 heterocycles. The molecule has 0 aliphatic rings. The molecule has 0 unspecified atom stereocenters. The molecular formula is C10H7N5S. The third-order valence-corrected chi connectivity index (χ3v) is 2.47. The number of aromatic amines is 1. The number of aromatic nitrogens is 5. The van der Waals surface area contributed by atoms with Crippen molar-refractivity contribution in [2.45, 2.75) is 0 Å². The van der Waals surface area contributed by atoms with Gasteiger partial charge in [0.2, 0.25) is 4.77 Å². The van der Waals surface area contributed by atoms with E-state index in [1.54, 1.807) is 10.7 Å². The molecule has 3 aromatic rings. The first-order valence-electron chi connectivity index (χ1n) is 4.70. The number of nitrogens with zero attached hydrogens (tertiary/aromatic N) is 4. The monoisotopic (exact) mass is 229 g/mol. The minimum Gasteiger partial charge on any atom is -0.255 e. The average molecular weight is 229 g/mol. The molecule has 0 atom stereocenters. The van der Waals surface area contributed by atoms with Gasteiger partial charge in [0.25, 0.3) is 0 Å². The van der Waals surface area contributed by atoms with Crippen LogP contribution in [0.15, 0.2) is 36.5 Å². The van der Waals surface area contributed by atoms with Gasteiger partial charge in [-0.1, -0.05) is 6.07 Å². The van der Waals surface area contributed by atoms with Crippen molar-refractivity contribution in [2.75, 3.05) is 0 Å². The second kappa shape index (κ2) is 3.49. The number of pyridine rings is 1. The minimum atomic E-state index is 0.479. The largest absolute Gasteiger partial charge is 0.255 e. The highest BCUT2D eigenvalue weighted by molar-refractivity contribution is 7.71. The highest BCUT2D eigenvalue weighted by Crippen LogP contribution is 2.13. The summed E-state index contributed by atoms with van der Waals surface area (Å²) in [6.45, 7) is 0. The minimum absolute atomic E-state index is 0.479. The van der Waals surface area contributed by atoms with Gasteiger partial charge in [0.1, 0.15) is 5.69 Å². The summed E-state index contributed by atoms with van der Waals surface area (Å²) in [5, 5.41) is 11.1. The number of fused-ring (bicyclic) bond motifs is 1. The molecule has 6 heteroatoms.